The Labute approximate surface area is 102 Å². The molecule has 1 N–H and O–H groups in total. The zero-order chi connectivity index (χ0) is 13.4. The Kier molecular flexibility index (Phi) is 6.70. The van der Waals surface area contributed by atoms with Crippen LogP contribution in [0, 0.1) is 0 Å². The summed E-state index contributed by atoms with van der Waals surface area (Å²) in [6.45, 7) is 9.59. The lowest BCUT2D eigenvalue weighted by Crippen LogP contribution is -2.48. The van der Waals surface area contributed by atoms with E-state index in [1.807, 2.05) is 0 Å². The van der Waals surface area contributed by atoms with Gasteiger partial charge >= 0.3 is 12.0 Å². The SMILES string of the molecule is C=CCN(CC=C)C(=O)N(C)C(CC)C(=O)O. The summed E-state index contributed by atoms with van der Waals surface area (Å²) in [6, 6.07) is -1.14. The number of amides is 2. The van der Waals surface area contributed by atoms with Gasteiger partial charge in [0, 0.05) is 20.1 Å². The summed E-state index contributed by atoms with van der Waals surface area (Å²) in [5.74, 6) is -1.000. The van der Waals surface area contributed by atoms with Crippen molar-refractivity contribution < 1.29 is 14.7 Å². The number of likely N-dealkylation sites (N-methyl/N-ethyl adjacent to an activating group) is 1. The molecular weight excluding hydrogens is 220 g/mol. The number of carboxylic acid groups (broad SMARTS) is 1. The molecule has 0 saturated carbocycles. The molecule has 0 saturated heterocycles. The summed E-state index contributed by atoms with van der Waals surface area (Å²) in [5.41, 5.74) is 0. The van der Waals surface area contributed by atoms with Crippen LogP contribution >= 0.6 is 0 Å². The highest BCUT2D eigenvalue weighted by Crippen LogP contribution is 2.06. The zero-order valence-corrected chi connectivity index (χ0v) is 10.4. The second-order valence-corrected chi connectivity index (χ2v) is 3.64. The van der Waals surface area contributed by atoms with E-state index in [1.165, 1.54) is 16.8 Å². The van der Waals surface area contributed by atoms with Gasteiger partial charge in [0.15, 0.2) is 0 Å². The van der Waals surface area contributed by atoms with Crippen LogP contribution in [0.25, 0.3) is 0 Å². The number of urea groups is 1. The number of aliphatic carboxylic acids is 1. The van der Waals surface area contributed by atoms with Crippen molar-refractivity contribution in [2.75, 3.05) is 20.1 Å². The molecule has 5 heteroatoms. The summed E-state index contributed by atoms with van der Waals surface area (Å²) in [4.78, 5) is 25.7. The van der Waals surface area contributed by atoms with Crippen molar-refractivity contribution in [1.29, 1.82) is 0 Å². The topological polar surface area (TPSA) is 60.9 Å². The maximum atomic E-state index is 12.0. The molecule has 0 aromatic heterocycles. The van der Waals surface area contributed by atoms with Crippen molar-refractivity contribution in [2.24, 2.45) is 0 Å². The standard InChI is InChI=1S/C12H20N2O3/c1-5-8-14(9-6-2)12(17)13(4)10(7-3)11(15)16/h5-6,10H,1-2,7-9H2,3-4H3,(H,15,16). The highest BCUT2D eigenvalue weighted by Gasteiger charge is 2.27. The van der Waals surface area contributed by atoms with E-state index in [4.69, 9.17) is 5.11 Å². The monoisotopic (exact) mass is 240 g/mol. The third-order valence-electron chi connectivity index (χ3n) is 2.41. The fourth-order valence-corrected chi connectivity index (χ4v) is 1.51. The van der Waals surface area contributed by atoms with Crippen molar-refractivity contribution in [1.82, 2.24) is 9.80 Å². The van der Waals surface area contributed by atoms with Crippen LogP contribution < -0.4 is 0 Å². The van der Waals surface area contributed by atoms with E-state index in [1.54, 1.807) is 19.1 Å². The summed E-state index contributed by atoms with van der Waals surface area (Å²) in [5, 5.41) is 8.98. The molecule has 0 aromatic carbocycles. The minimum atomic E-state index is -1.000. The molecule has 0 bridgehead atoms. The first-order valence-corrected chi connectivity index (χ1v) is 5.45. The number of carbonyl (C=O) groups excluding carboxylic acids is 1. The number of hydrogen-bond donors (Lipinski definition) is 1. The molecule has 0 aliphatic carbocycles. The van der Waals surface area contributed by atoms with Gasteiger partial charge in [0.2, 0.25) is 0 Å². The first-order chi connectivity index (χ1) is 7.99. The fourth-order valence-electron chi connectivity index (χ4n) is 1.51. The van der Waals surface area contributed by atoms with Crippen molar-refractivity contribution in [3.05, 3.63) is 25.3 Å². The predicted molar refractivity (Wildman–Crippen MR) is 66.8 cm³/mol. The molecule has 96 valence electrons. The Morgan fingerprint density at radius 1 is 1.29 bits per heavy atom. The Hall–Kier alpha value is -1.78. The Morgan fingerprint density at radius 2 is 1.76 bits per heavy atom. The number of carboxylic acids is 1. The number of nitrogens with zero attached hydrogens (tertiary/aromatic N) is 2. The first-order valence-electron chi connectivity index (χ1n) is 5.45. The van der Waals surface area contributed by atoms with E-state index in [0.717, 1.165) is 0 Å². The van der Waals surface area contributed by atoms with Gasteiger partial charge in [-0.3, -0.25) is 0 Å². The second kappa shape index (κ2) is 7.49. The predicted octanol–water partition coefficient (Wildman–Crippen LogP) is 1.58. The van der Waals surface area contributed by atoms with Gasteiger partial charge in [-0.15, -0.1) is 13.2 Å². The van der Waals surface area contributed by atoms with Crippen LogP contribution in [-0.2, 0) is 4.79 Å². The average Bonchev–Trinajstić information content (AvgIpc) is 2.28. The summed E-state index contributed by atoms with van der Waals surface area (Å²) >= 11 is 0. The molecule has 0 spiro atoms. The smallest absolute Gasteiger partial charge is 0.326 e. The van der Waals surface area contributed by atoms with E-state index in [0.29, 0.717) is 19.5 Å². The van der Waals surface area contributed by atoms with Crippen LogP contribution in [0.5, 0.6) is 0 Å². The van der Waals surface area contributed by atoms with Gasteiger partial charge in [0.25, 0.3) is 0 Å². The molecule has 0 heterocycles. The quantitative estimate of drug-likeness (QED) is 0.687. The van der Waals surface area contributed by atoms with Crippen LogP contribution in [0.2, 0.25) is 0 Å². The highest BCUT2D eigenvalue weighted by molar-refractivity contribution is 5.82. The lowest BCUT2D eigenvalue weighted by atomic mass is 10.2. The van der Waals surface area contributed by atoms with Crippen molar-refractivity contribution in [3.8, 4) is 0 Å². The van der Waals surface area contributed by atoms with E-state index in [-0.39, 0.29) is 6.03 Å². The number of carbonyl (C=O) groups is 2. The van der Waals surface area contributed by atoms with Crippen molar-refractivity contribution in [3.63, 3.8) is 0 Å². The summed E-state index contributed by atoms with van der Waals surface area (Å²) in [6.07, 6.45) is 3.56. The van der Waals surface area contributed by atoms with Gasteiger partial charge in [-0.25, -0.2) is 9.59 Å². The molecular formula is C12H20N2O3. The van der Waals surface area contributed by atoms with Crippen LogP contribution in [0.15, 0.2) is 25.3 Å². The largest absolute Gasteiger partial charge is 0.480 e. The van der Waals surface area contributed by atoms with Gasteiger partial charge in [-0.05, 0) is 6.42 Å². The average molecular weight is 240 g/mol. The Morgan fingerprint density at radius 3 is 2.06 bits per heavy atom. The van der Waals surface area contributed by atoms with Gasteiger partial charge in [0.05, 0.1) is 0 Å². The van der Waals surface area contributed by atoms with Crippen LogP contribution in [0.3, 0.4) is 0 Å². The van der Waals surface area contributed by atoms with Crippen molar-refractivity contribution >= 4 is 12.0 Å². The molecule has 0 rings (SSSR count). The molecule has 17 heavy (non-hydrogen) atoms. The van der Waals surface area contributed by atoms with E-state index in [9.17, 15) is 9.59 Å². The van der Waals surface area contributed by atoms with Gasteiger partial charge in [-0.1, -0.05) is 19.1 Å². The normalized spacial score (nSPS) is 11.4. The maximum Gasteiger partial charge on any atom is 0.326 e. The first kappa shape index (κ1) is 15.2. The lowest BCUT2D eigenvalue weighted by Gasteiger charge is -2.30. The zero-order valence-electron chi connectivity index (χ0n) is 10.4. The summed E-state index contributed by atoms with van der Waals surface area (Å²) in [7, 11) is 1.49. The van der Waals surface area contributed by atoms with Crippen molar-refractivity contribution in [2.45, 2.75) is 19.4 Å². The minimum absolute atomic E-state index is 0.334. The van der Waals surface area contributed by atoms with E-state index < -0.39 is 12.0 Å². The molecule has 0 aliphatic rings. The second-order valence-electron chi connectivity index (χ2n) is 3.64. The Balaban J connectivity index is 4.78. The van der Waals surface area contributed by atoms with Gasteiger partial charge < -0.3 is 14.9 Å². The Bertz CT molecular complexity index is 292. The molecule has 5 nitrogen and oxygen atoms in total. The molecule has 0 aliphatic heterocycles. The minimum Gasteiger partial charge on any atom is -0.480 e. The number of rotatable bonds is 7. The third kappa shape index (κ3) is 4.30. The van der Waals surface area contributed by atoms with E-state index >= 15 is 0 Å². The molecule has 2 amide bonds. The van der Waals surface area contributed by atoms with Crippen LogP contribution in [0.4, 0.5) is 4.79 Å². The van der Waals surface area contributed by atoms with Gasteiger partial charge in [-0.2, -0.15) is 0 Å². The van der Waals surface area contributed by atoms with Crippen LogP contribution in [-0.4, -0.2) is 53.1 Å². The third-order valence-corrected chi connectivity index (χ3v) is 2.41. The summed E-state index contributed by atoms with van der Waals surface area (Å²) < 4.78 is 0. The molecule has 0 fully saturated rings. The highest BCUT2D eigenvalue weighted by atomic mass is 16.4. The molecule has 0 aromatic rings. The molecule has 1 unspecified atom stereocenters. The lowest BCUT2D eigenvalue weighted by molar-refractivity contribution is -0.142. The number of hydrogen-bond acceptors (Lipinski definition) is 2. The van der Waals surface area contributed by atoms with Crippen LogP contribution in [0.1, 0.15) is 13.3 Å². The van der Waals surface area contributed by atoms with E-state index in [2.05, 4.69) is 13.2 Å². The van der Waals surface area contributed by atoms with Gasteiger partial charge in [0.1, 0.15) is 6.04 Å². The fraction of sp³-hybridized carbons (Fsp3) is 0.500. The maximum absolute atomic E-state index is 12.0. The molecule has 0 radical (unpaired) electrons. The molecule has 1 atom stereocenters.